The molecule has 4 aromatic carbocycles. The number of rotatable bonds is 5. The van der Waals surface area contributed by atoms with Crippen molar-refractivity contribution < 1.29 is 27.6 Å². The number of amides is 3. The second kappa shape index (κ2) is 11.9. The molecule has 0 unspecified atom stereocenters. The van der Waals surface area contributed by atoms with Crippen molar-refractivity contribution in [2.24, 2.45) is 5.92 Å². The van der Waals surface area contributed by atoms with Crippen molar-refractivity contribution in [3.8, 4) is 0 Å². The molecule has 1 saturated heterocycles. The van der Waals surface area contributed by atoms with Crippen LogP contribution in [0.1, 0.15) is 21.9 Å². The van der Waals surface area contributed by atoms with Crippen molar-refractivity contribution in [1.29, 1.82) is 0 Å². The first-order valence-electron chi connectivity index (χ1n) is 14.1. The Labute approximate surface area is 282 Å². The first-order chi connectivity index (χ1) is 22.4. The van der Waals surface area contributed by atoms with Gasteiger partial charge in [0.05, 0.1) is 32.2 Å². The van der Waals surface area contributed by atoms with Crippen molar-refractivity contribution in [2.75, 3.05) is 10.2 Å². The quantitative estimate of drug-likeness (QED) is 0.188. The monoisotopic (exact) mass is 713 g/mol. The number of thioether (sulfide) groups is 1. The van der Waals surface area contributed by atoms with Gasteiger partial charge in [0.25, 0.3) is 0 Å². The van der Waals surface area contributed by atoms with E-state index in [1.54, 1.807) is 30.3 Å². The lowest BCUT2D eigenvalue weighted by molar-refractivity contribution is -0.137. The third-order valence-electron chi connectivity index (χ3n) is 8.16. The van der Waals surface area contributed by atoms with Gasteiger partial charge in [-0.15, -0.1) is 0 Å². The van der Waals surface area contributed by atoms with Gasteiger partial charge >= 0.3 is 11.0 Å². The zero-order valence-corrected chi connectivity index (χ0v) is 26.9. The van der Waals surface area contributed by atoms with E-state index in [9.17, 15) is 32.3 Å². The van der Waals surface area contributed by atoms with Crippen LogP contribution in [-0.2, 0) is 27.1 Å². The number of benzene rings is 4. The van der Waals surface area contributed by atoms with Gasteiger partial charge in [-0.25, -0.2) is 4.90 Å². The highest BCUT2D eigenvalue weighted by Gasteiger charge is 2.57. The summed E-state index contributed by atoms with van der Waals surface area (Å²) in [6.45, 7) is -0.395. The minimum Gasteiger partial charge on any atom is -0.324 e. The third kappa shape index (κ3) is 5.42. The molecule has 0 radical (unpaired) electrons. The second-order valence-corrected chi connectivity index (χ2v) is 13.9. The van der Waals surface area contributed by atoms with Crippen LogP contribution in [-0.4, -0.2) is 27.5 Å². The molecule has 0 aliphatic carbocycles. The first-order valence-corrected chi connectivity index (χ1v) is 16.6. The number of aromatic nitrogens is 1. The van der Waals surface area contributed by atoms with Crippen molar-refractivity contribution in [1.82, 2.24) is 4.57 Å². The van der Waals surface area contributed by atoms with Gasteiger partial charge in [-0.05, 0) is 41.3 Å². The standard InChI is InChI=1S/C33H20Cl2F3N3O4S2/c34-21-12-5-11-20(26(21)35)24-25-27(30(44)41(29(25)43)18-9-4-8-17(14-18)33(36,37)38)46-31-28(24)47-32(45)40(31)15-23(42)39-22-13-3-7-16-6-1-2-10-19(16)22/h1-14,24-25,27H,15H2,(H,39,42)/t24-,25-,27+/m0/s1. The van der Waals surface area contributed by atoms with E-state index >= 15 is 0 Å². The number of fused-ring (bicyclic) bond motifs is 3. The lowest BCUT2D eigenvalue weighted by Crippen LogP contribution is -2.33. The number of halogens is 5. The Bertz CT molecular complexity index is 2180. The molecule has 1 fully saturated rings. The van der Waals surface area contributed by atoms with Crippen LogP contribution in [0.25, 0.3) is 10.8 Å². The van der Waals surface area contributed by atoms with Crippen LogP contribution in [0.4, 0.5) is 24.5 Å². The molecule has 1 N–H and O–H groups in total. The predicted octanol–water partition coefficient (Wildman–Crippen LogP) is 7.82. The van der Waals surface area contributed by atoms with Gasteiger partial charge in [-0.1, -0.05) is 101 Å². The molecule has 14 heteroatoms. The molecule has 7 nitrogen and oxygen atoms in total. The van der Waals surface area contributed by atoms with Crippen molar-refractivity contribution >= 4 is 86.2 Å². The number of carbonyl (C=O) groups is 3. The molecular formula is C33H20Cl2F3N3O4S2. The maximum Gasteiger partial charge on any atom is 0.416 e. The second-order valence-electron chi connectivity index (χ2n) is 10.9. The lowest BCUT2D eigenvalue weighted by Gasteiger charge is -2.31. The molecule has 3 atom stereocenters. The number of thiazole rings is 1. The van der Waals surface area contributed by atoms with Gasteiger partial charge in [0.1, 0.15) is 11.8 Å². The molecule has 5 aromatic rings. The first kappa shape index (κ1) is 31.5. The molecule has 3 heterocycles. The summed E-state index contributed by atoms with van der Waals surface area (Å²) in [5, 5.41) is 4.02. The Morgan fingerprint density at radius 3 is 2.40 bits per heavy atom. The van der Waals surface area contributed by atoms with E-state index in [0.29, 0.717) is 21.2 Å². The third-order valence-corrected chi connectivity index (χ3v) is 11.6. The number of nitrogens with zero attached hydrogens (tertiary/aromatic N) is 2. The Morgan fingerprint density at radius 1 is 0.894 bits per heavy atom. The lowest BCUT2D eigenvalue weighted by atomic mass is 9.83. The fourth-order valence-corrected chi connectivity index (χ4v) is 9.28. The van der Waals surface area contributed by atoms with Crippen LogP contribution in [0, 0.1) is 5.92 Å². The van der Waals surface area contributed by atoms with Crippen LogP contribution in [0.15, 0.2) is 94.7 Å². The van der Waals surface area contributed by atoms with Gasteiger partial charge in [0.15, 0.2) is 0 Å². The highest BCUT2D eigenvalue weighted by Crippen LogP contribution is 2.55. The average Bonchev–Trinajstić information content (AvgIpc) is 3.48. The highest BCUT2D eigenvalue weighted by molar-refractivity contribution is 8.00. The smallest absolute Gasteiger partial charge is 0.324 e. The van der Waals surface area contributed by atoms with Crippen LogP contribution < -0.4 is 15.1 Å². The molecule has 0 saturated carbocycles. The van der Waals surface area contributed by atoms with Crippen LogP contribution in [0.3, 0.4) is 0 Å². The fraction of sp³-hybridized carbons (Fsp3) is 0.152. The topological polar surface area (TPSA) is 88.5 Å². The van der Waals surface area contributed by atoms with Gasteiger partial charge in [-0.2, -0.15) is 13.2 Å². The number of carbonyl (C=O) groups excluding carboxylic acids is 3. The Morgan fingerprint density at radius 2 is 1.62 bits per heavy atom. The van der Waals surface area contributed by atoms with Gasteiger partial charge in [0, 0.05) is 21.9 Å². The van der Waals surface area contributed by atoms with E-state index in [0.717, 1.165) is 57.0 Å². The molecule has 47 heavy (non-hydrogen) atoms. The predicted molar refractivity (Wildman–Crippen MR) is 177 cm³/mol. The van der Waals surface area contributed by atoms with Crippen LogP contribution >= 0.6 is 46.3 Å². The average molecular weight is 715 g/mol. The summed E-state index contributed by atoms with van der Waals surface area (Å²) in [6.07, 6.45) is -4.70. The van der Waals surface area contributed by atoms with Crippen molar-refractivity contribution in [2.45, 2.75) is 28.9 Å². The van der Waals surface area contributed by atoms with E-state index in [-0.39, 0.29) is 15.7 Å². The summed E-state index contributed by atoms with van der Waals surface area (Å²) in [5.74, 6) is -4.05. The molecule has 2 aliphatic heterocycles. The van der Waals surface area contributed by atoms with Crippen LogP contribution in [0.2, 0.25) is 10.0 Å². The molecule has 238 valence electrons. The summed E-state index contributed by atoms with van der Waals surface area (Å²) in [7, 11) is 0. The molecule has 3 amide bonds. The Kier molecular flexibility index (Phi) is 7.94. The van der Waals surface area contributed by atoms with E-state index in [1.807, 2.05) is 30.3 Å². The Hall–Kier alpha value is -4.10. The molecule has 1 aromatic heterocycles. The summed E-state index contributed by atoms with van der Waals surface area (Å²) >= 11 is 14.7. The minimum absolute atomic E-state index is 0.106. The zero-order valence-electron chi connectivity index (χ0n) is 23.8. The van der Waals surface area contributed by atoms with Gasteiger partial charge < -0.3 is 5.32 Å². The number of hydrogen-bond donors (Lipinski definition) is 1. The summed E-state index contributed by atoms with van der Waals surface area (Å²) in [6, 6.07) is 21.7. The fourth-order valence-electron chi connectivity index (χ4n) is 6.09. The number of hydrogen-bond acceptors (Lipinski definition) is 6. The molecule has 2 aliphatic rings. The van der Waals surface area contributed by atoms with Crippen molar-refractivity contribution in [3.63, 3.8) is 0 Å². The number of alkyl halides is 3. The van der Waals surface area contributed by atoms with E-state index in [2.05, 4.69) is 5.32 Å². The Balaban J connectivity index is 1.30. The summed E-state index contributed by atoms with van der Waals surface area (Å²) in [5.41, 5.74) is -0.320. The minimum atomic E-state index is -4.70. The largest absolute Gasteiger partial charge is 0.416 e. The molecular weight excluding hydrogens is 694 g/mol. The maximum atomic E-state index is 14.1. The highest BCUT2D eigenvalue weighted by atomic mass is 35.5. The molecule has 0 bridgehead atoms. The van der Waals surface area contributed by atoms with E-state index in [1.165, 1.54) is 10.6 Å². The zero-order chi connectivity index (χ0) is 33.2. The number of imide groups is 1. The van der Waals surface area contributed by atoms with Crippen LogP contribution in [0.5, 0.6) is 0 Å². The number of nitrogens with one attached hydrogen (secondary N) is 1. The summed E-state index contributed by atoms with van der Waals surface area (Å²) in [4.78, 5) is 55.5. The SMILES string of the molecule is O=C(Cn1c2c(sc1=O)[C@@H](c1cccc(Cl)c1Cl)[C@@H]1C(=O)N(c3cccc(C(F)(F)F)c3)C(=O)[C@@H]1S2)Nc1cccc2ccccc12. The molecule has 0 spiro atoms. The van der Waals surface area contributed by atoms with Gasteiger partial charge in [-0.3, -0.25) is 23.7 Å². The maximum absolute atomic E-state index is 14.1. The van der Waals surface area contributed by atoms with E-state index in [4.69, 9.17) is 23.2 Å². The summed E-state index contributed by atoms with van der Waals surface area (Å²) < 4.78 is 41.9. The van der Waals surface area contributed by atoms with Gasteiger partial charge in [0.2, 0.25) is 17.7 Å². The number of anilines is 2. The normalized spacial score (nSPS) is 19.2. The van der Waals surface area contributed by atoms with E-state index < -0.39 is 58.0 Å². The molecule has 7 rings (SSSR count). The van der Waals surface area contributed by atoms with Crippen molar-refractivity contribution in [3.05, 3.63) is 121 Å².